The van der Waals surface area contributed by atoms with E-state index in [1.807, 2.05) is 6.92 Å². The zero-order chi connectivity index (χ0) is 15.6. The van der Waals surface area contributed by atoms with Crippen LogP contribution >= 0.6 is 11.3 Å². The average molecular weight is 306 g/mol. The monoisotopic (exact) mass is 306 g/mol. The lowest BCUT2D eigenvalue weighted by molar-refractivity contribution is 0.0954. The first-order chi connectivity index (χ1) is 9.88. The first-order valence-electron chi connectivity index (χ1n) is 6.89. The molecule has 0 aliphatic carbocycles. The van der Waals surface area contributed by atoms with E-state index < -0.39 is 0 Å². The maximum atomic E-state index is 13.2. The minimum atomic E-state index is -0.232. The number of rotatable bonds is 4. The number of nitrogens with one attached hydrogen (secondary N) is 1. The summed E-state index contributed by atoms with van der Waals surface area (Å²) in [5, 5.41) is 3.83. The molecule has 1 aromatic heterocycles. The molecule has 0 saturated carbocycles. The highest BCUT2D eigenvalue weighted by atomic mass is 32.1. The minimum absolute atomic E-state index is 0.126. The smallest absolute Gasteiger partial charge is 0.263 e. The molecule has 0 atom stereocenters. The van der Waals surface area contributed by atoms with Crippen LogP contribution in [0.3, 0.4) is 0 Å². The Balaban J connectivity index is 2.06. The average Bonchev–Trinajstić information content (AvgIpc) is 2.82. The number of thiazole rings is 1. The van der Waals surface area contributed by atoms with Gasteiger partial charge in [-0.1, -0.05) is 26.0 Å². The molecule has 1 heterocycles. The summed E-state index contributed by atoms with van der Waals surface area (Å²) in [5.74, 6) is -0.0428. The van der Waals surface area contributed by atoms with Gasteiger partial charge in [-0.3, -0.25) is 4.79 Å². The van der Waals surface area contributed by atoms with Crippen LogP contribution in [0.2, 0.25) is 0 Å². The van der Waals surface area contributed by atoms with E-state index in [9.17, 15) is 9.18 Å². The van der Waals surface area contributed by atoms with Gasteiger partial charge in [0.25, 0.3) is 5.91 Å². The summed E-state index contributed by atoms with van der Waals surface area (Å²) in [4.78, 5) is 17.3. The highest BCUT2D eigenvalue weighted by Crippen LogP contribution is 2.24. The zero-order valence-corrected chi connectivity index (χ0v) is 13.5. The molecule has 0 saturated heterocycles. The predicted molar refractivity (Wildman–Crippen MR) is 83.2 cm³/mol. The van der Waals surface area contributed by atoms with Crippen LogP contribution in [-0.2, 0) is 6.54 Å². The van der Waals surface area contributed by atoms with Crippen LogP contribution < -0.4 is 5.32 Å². The summed E-state index contributed by atoms with van der Waals surface area (Å²) >= 11 is 1.43. The lowest BCUT2D eigenvalue weighted by atomic mass is 10.1. The molecule has 112 valence electrons. The summed E-state index contributed by atoms with van der Waals surface area (Å²) < 4.78 is 13.2. The molecular weight excluding hydrogens is 287 g/mol. The molecule has 21 heavy (non-hydrogen) atoms. The Hall–Kier alpha value is -1.75. The standard InChI is InChI=1S/C16H19FN2OS/c1-9(2)16-19-11(4)14(21-16)15(20)18-8-12-5-6-13(17)10(3)7-12/h5-7,9H,8H2,1-4H3,(H,18,20). The van der Waals surface area contributed by atoms with Crippen molar-refractivity contribution in [3.05, 3.63) is 50.7 Å². The second-order valence-corrected chi connectivity index (χ2v) is 6.42. The molecular formula is C16H19FN2OS. The van der Waals surface area contributed by atoms with Gasteiger partial charge in [-0.25, -0.2) is 9.37 Å². The molecule has 5 heteroatoms. The Morgan fingerprint density at radius 2 is 2.10 bits per heavy atom. The van der Waals surface area contributed by atoms with E-state index in [0.717, 1.165) is 16.3 Å². The molecule has 2 rings (SSSR count). The van der Waals surface area contributed by atoms with E-state index in [1.165, 1.54) is 17.4 Å². The number of aryl methyl sites for hydroxylation is 2. The van der Waals surface area contributed by atoms with E-state index in [1.54, 1.807) is 19.1 Å². The lowest BCUT2D eigenvalue weighted by Gasteiger charge is -2.06. The van der Waals surface area contributed by atoms with Gasteiger partial charge in [0, 0.05) is 12.5 Å². The number of hydrogen-bond acceptors (Lipinski definition) is 3. The van der Waals surface area contributed by atoms with Crippen LogP contribution in [0, 0.1) is 19.7 Å². The van der Waals surface area contributed by atoms with Gasteiger partial charge in [-0.2, -0.15) is 0 Å². The molecule has 2 aromatic rings. The topological polar surface area (TPSA) is 42.0 Å². The van der Waals surface area contributed by atoms with Crippen molar-refractivity contribution in [1.82, 2.24) is 10.3 Å². The Labute approximate surface area is 128 Å². The van der Waals surface area contributed by atoms with Crippen molar-refractivity contribution < 1.29 is 9.18 Å². The fraction of sp³-hybridized carbons (Fsp3) is 0.375. The van der Waals surface area contributed by atoms with E-state index in [4.69, 9.17) is 0 Å². The van der Waals surface area contributed by atoms with Crippen molar-refractivity contribution >= 4 is 17.2 Å². The molecule has 1 amide bonds. The van der Waals surface area contributed by atoms with Gasteiger partial charge in [0.15, 0.2) is 0 Å². The maximum absolute atomic E-state index is 13.2. The number of amides is 1. The van der Waals surface area contributed by atoms with E-state index in [2.05, 4.69) is 24.1 Å². The van der Waals surface area contributed by atoms with Crippen molar-refractivity contribution in [1.29, 1.82) is 0 Å². The third kappa shape index (κ3) is 3.67. The third-order valence-electron chi connectivity index (χ3n) is 3.19. The molecule has 0 bridgehead atoms. The normalized spacial score (nSPS) is 11.0. The first kappa shape index (κ1) is 15.6. The lowest BCUT2D eigenvalue weighted by Crippen LogP contribution is -2.22. The number of benzene rings is 1. The first-order valence-corrected chi connectivity index (χ1v) is 7.70. The van der Waals surface area contributed by atoms with Crippen molar-refractivity contribution in [3.63, 3.8) is 0 Å². The second-order valence-electron chi connectivity index (χ2n) is 5.39. The van der Waals surface area contributed by atoms with E-state index in [0.29, 0.717) is 22.9 Å². The van der Waals surface area contributed by atoms with E-state index >= 15 is 0 Å². The van der Waals surface area contributed by atoms with Gasteiger partial charge < -0.3 is 5.32 Å². The molecule has 0 aliphatic rings. The van der Waals surface area contributed by atoms with Gasteiger partial charge in [-0.15, -0.1) is 11.3 Å². The molecule has 0 aliphatic heterocycles. The summed E-state index contributed by atoms with van der Waals surface area (Å²) in [5.41, 5.74) is 2.22. The zero-order valence-electron chi connectivity index (χ0n) is 12.7. The van der Waals surface area contributed by atoms with Crippen LogP contribution in [0.1, 0.15) is 51.3 Å². The minimum Gasteiger partial charge on any atom is -0.347 e. The van der Waals surface area contributed by atoms with Crippen LogP contribution in [0.15, 0.2) is 18.2 Å². The molecule has 0 unspecified atom stereocenters. The number of halogens is 1. The van der Waals surface area contributed by atoms with Crippen molar-refractivity contribution in [3.8, 4) is 0 Å². The molecule has 1 N–H and O–H groups in total. The van der Waals surface area contributed by atoms with Gasteiger partial charge in [0.05, 0.1) is 10.7 Å². The Kier molecular flexibility index (Phi) is 4.73. The van der Waals surface area contributed by atoms with Crippen LogP contribution in [0.5, 0.6) is 0 Å². The fourth-order valence-electron chi connectivity index (χ4n) is 1.95. The van der Waals surface area contributed by atoms with Crippen LogP contribution in [0.25, 0.3) is 0 Å². The highest BCUT2D eigenvalue weighted by molar-refractivity contribution is 7.13. The molecule has 1 aromatic carbocycles. The summed E-state index contributed by atoms with van der Waals surface area (Å²) in [6, 6.07) is 4.85. The van der Waals surface area contributed by atoms with Gasteiger partial charge in [0.2, 0.25) is 0 Å². The SMILES string of the molecule is Cc1cc(CNC(=O)c2sc(C(C)C)nc2C)ccc1F. The summed E-state index contributed by atoms with van der Waals surface area (Å²) in [7, 11) is 0. The van der Waals surface area contributed by atoms with Crippen LogP contribution in [-0.4, -0.2) is 10.9 Å². The van der Waals surface area contributed by atoms with Crippen molar-refractivity contribution in [2.24, 2.45) is 0 Å². The second kappa shape index (κ2) is 6.35. The number of hydrogen-bond donors (Lipinski definition) is 1. The molecule has 3 nitrogen and oxygen atoms in total. The van der Waals surface area contributed by atoms with Crippen molar-refractivity contribution in [2.45, 2.75) is 40.2 Å². The quantitative estimate of drug-likeness (QED) is 0.929. The largest absolute Gasteiger partial charge is 0.347 e. The van der Waals surface area contributed by atoms with Gasteiger partial charge in [0.1, 0.15) is 10.7 Å². The summed E-state index contributed by atoms with van der Waals surface area (Å²) in [6.45, 7) is 8.05. The Bertz CT molecular complexity index is 664. The van der Waals surface area contributed by atoms with E-state index in [-0.39, 0.29) is 11.7 Å². The highest BCUT2D eigenvalue weighted by Gasteiger charge is 2.16. The predicted octanol–water partition coefficient (Wildman–Crippen LogP) is 3.95. The maximum Gasteiger partial charge on any atom is 0.263 e. The molecule has 0 fully saturated rings. The van der Waals surface area contributed by atoms with Crippen molar-refractivity contribution in [2.75, 3.05) is 0 Å². The number of nitrogens with zero attached hydrogens (tertiary/aromatic N) is 1. The molecule has 0 spiro atoms. The number of aromatic nitrogens is 1. The number of carbonyl (C=O) groups is 1. The fourth-order valence-corrected chi connectivity index (χ4v) is 2.94. The Morgan fingerprint density at radius 3 is 2.67 bits per heavy atom. The summed E-state index contributed by atoms with van der Waals surface area (Å²) in [6.07, 6.45) is 0. The third-order valence-corrected chi connectivity index (χ3v) is 4.65. The van der Waals surface area contributed by atoms with Gasteiger partial charge in [-0.05, 0) is 31.0 Å². The Morgan fingerprint density at radius 1 is 1.38 bits per heavy atom. The molecule has 0 radical (unpaired) electrons. The number of carbonyl (C=O) groups excluding carboxylic acids is 1. The van der Waals surface area contributed by atoms with Crippen LogP contribution in [0.4, 0.5) is 4.39 Å². The van der Waals surface area contributed by atoms with Gasteiger partial charge >= 0.3 is 0 Å².